The molecule has 112 valence electrons. The highest BCUT2D eigenvalue weighted by Gasteiger charge is 2.13. The Hall–Kier alpha value is -1.40. The molecule has 1 aromatic heterocycles. The maximum absolute atomic E-state index is 11.9. The van der Waals surface area contributed by atoms with E-state index < -0.39 is 0 Å². The van der Waals surface area contributed by atoms with Gasteiger partial charge in [-0.15, -0.1) is 11.3 Å². The fourth-order valence-electron chi connectivity index (χ4n) is 1.70. The van der Waals surface area contributed by atoms with Crippen molar-refractivity contribution in [2.24, 2.45) is 5.92 Å². The standard InChI is InChI=1S/C15H17BrN2O2S/c1-4-9(2)14(19)18-15-17-12(8-21-15)10-5-6-13(20-3)11(16)7-10/h5-9H,4H2,1-3H3,(H,17,18,19). The van der Waals surface area contributed by atoms with Crippen LogP contribution in [0.15, 0.2) is 28.1 Å². The summed E-state index contributed by atoms with van der Waals surface area (Å²) in [5.74, 6) is 0.779. The largest absolute Gasteiger partial charge is 0.496 e. The summed E-state index contributed by atoms with van der Waals surface area (Å²) in [6.45, 7) is 3.90. The predicted molar refractivity (Wildman–Crippen MR) is 89.9 cm³/mol. The van der Waals surface area contributed by atoms with Crippen molar-refractivity contribution in [3.8, 4) is 17.0 Å². The van der Waals surface area contributed by atoms with Crippen LogP contribution in [0.3, 0.4) is 0 Å². The van der Waals surface area contributed by atoms with Crippen LogP contribution in [0.1, 0.15) is 20.3 Å². The average Bonchev–Trinajstić information content (AvgIpc) is 2.94. The van der Waals surface area contributed by atoms with E-state index in [0.29, 0.717) is 5.13 Å². The van der Waals surface area contributed by atoms with Gasteiger partial charge in [-0.2, -0.15) is 0 Å². The monoisotopic (exact) mass is 368 g/mol. The number of amides is 1. The number of aromatic nitrogens is 1. The first-order chi connectivity index (χ1) is 10.0. The van der Waals surface area contributed by atoms with E-state index in [4.69, 9.17) is 4.74 Å². The van der Waals surface area contributed by atoms with E-state index in [9.17, 15) is 4.79 Å². The molecule has 1 atom stereocenters. The van der Waals surface area contributed by atoms with Crippen molar-refractivity contribution in [3.63, 3.8) is 0 Å². The van der Waals surface area contributed by atoms with Crippen molar-refractivity contribution in [3.05, 3.63) is 28.1 Å². The number of nitrogens with one attached hydrogen (secondary N) is 1. The minimum atomic E-state index is -0.00696. The van der Waals surface area contributed by atoms with Crippen molar-refractivity contribution in [2.45, 2.75) is 20.3 Å². The third-order valence-corrected chi connectivity index (χ3v) is 4.62. The number of carbonyl (C=O) groups is 1. The SMILES string of the molecule is CCC(C)C(=O)Nc1nc(-c2ccc(OC)c(Br)c2)cs1. The summed E-state index contributed by atoms with van der Waals surface area (Å²) in [6, 6.07) is 5.78. The predicted octanol–water partition coefficient (Wildman–Crippen LogP) is 4.57. The number of carbonyl (C=O) groups excluding carboxylic acids is 1. The van der Waals surface area contributed by atoms with Crippen LogP contribution in [0.5, 0.6) is 5.75 Å². The second-order valence-electron chi connectivity index (χ2n) is 4.69. The van der Waals surface area contributed by atoms with Crippen LogP contribution in [0, 0.1) is 5.92 Å². The molecule has 0 saturated heterocycles. The van der Waals surface area contributed by atoms with Crippen LogP contribution in [0.4, 0.5) is 5.13 Å². The molecule has 0 saturated carbocycles. The molecule has 0 aliphatic carbocycles. The highest BCUT2D eigenvalue weighted by atomic mass is 79.9. The van der Waals surface area contributed by atoms with Crippen LogP contribution in [-0.4, -0.2) is 18.0 Å². The molecular weight excluding hydrogens is 352 g/mol. The first-order valence-electron chi connectivity index (χ1n) is 6.65. The molecule has 2 aromatic rings. The van der Waals surface area contributed by atoms with Crippen LogP contribution in [-0.2, 0) is 4.79 Å². The molecule has 1 N–H and O–H groups in total. The maximum atomic E-state index is 11.9. The molecular formula is C15H17BrN2O2S. The zero-order valence-corrected chi connectivity index (χ0v) is 14.5. The fourth-order valence-corrected chi connectivity index (χ4v) is 2.97. The summed E-state index contributed by atoms with van der Waals surface area (Å²) in [5.41, 5.74) is 1.81. The van der Waals surface area contributed by atoms with Gasteiger partial charge in [0.15, 0.2) is 5.13 Å². The Balaban J connectivity index is 2.16. The van der Waals surface area contributed by atoms with Gasteiger partial charge in [0.1, 0.15) is 5.75 Å². The van der Waals surface area contributed by atoms with Crippen molar-refractivity contribution < 1.29 is 9.53 Å². The van der Waals surface area contributed by atoms with Gasteiger partial charge in [0.2, 0.25) is 5.91 Å². The van der Waals surface area contributed by atoms with Crippen molar-refractivity contribution in [2.75, 3.05) is 12.4 Å². The summed E-state index contributed by atoms with van der Waals surface area (Å²) in [7, 11) is 1.63. The molecule has 0 aliphatic rings. The second-order valence-corrected chi connectivity index (χ2v) is 6.40. The number of nitrogens with zero attached hydrogens (tertiary/aromatic N) is 1. The minimum Gasteiger partial charge on any atom is -0.496 e. The van der Waals surface area contributed by atoms with Crippen LogP contribution < -0.4 is 10.1 Å². The lowest BCUT2D eigenvalue weighted by Crippen LogP contribution is -2.19. The number of rotatable bonds is 5. The Morgan fingerprint density at radius 2 is 2.29 bits per heavy atom. The molecule has 21 heavy (non-hydrogen) atoms. The lowest BCUT2D eigenvalue weighted by molar-refractivity contribution is -0.119. The van der Waals surface area contributed by atoms with E-state index in [1.807, 2.05) is 37.4 Å². The lowest BCUT2D eigenvalue weighted by Gasteiger charge is -2.07. The van der Waals surface area contributed by atoms with Gasteiger partial charge in [-0.3, -0.25) is 4.79 Å². The minimum absolute atomic E-state index is 0.00696. The van der Waals surface area contributed by atoms with Gasteiger partial charge in [0.05, 0.1) is 17.3 Å². The zero-order chi connectivity index (χ0) is 15.4. The lowest BCUT2D eigenvalue weighted by atomic mass is 10.1. The number of methoxy groups -OCH3 is 1. The van der Waals surface area contributed by atoms with E-state index in [2.05, 4.69) is 26.2 Å². The Bertz CT molecular complexity index is 642. The molecule has 2 rings (SSSR count). The third-order valence-electron chi connectivity index (χ3n) is 3.24. The van der Waals surface area contributed by atoms with Gasteiger partial charge in [-0.1, -0.05) is 13.8 Å². The molecule has 4 nitrogen and oxygen atoms in total. The number of hydrogen-bond donors (Lipinski definition) is 1. The van der Waals surface area contributed by atoms with Gasteiger partial charge in [0.25, 0.3) is 0 Å². The topological polar surface area (TPSA) is 51.2 Å². The van der Waals surface area contributed by atoms with Crippen molar-refractivity contribution in [1.29, 1.82) is 0 Å². The van der Waals surface area contributed by atoms with Crippen LogP contribution >= 0.6 is 27.3 Å². The molecule has 1 aromatic carbocycles. The first-order valence-corrected chi connectivity index (χ1v) is 8.32. The van der Waals surface area contributed by atoms with E-state index in [1.165, 1.54) is 11.3 Å². The quantitative estimate of drug-likeness (QED) is 0.840. The summed E-state index contributed by atoms with van der Waals surface area (Å²) in [5, 5.41) is 5.41. The average molecular weight is 369 g/mol. The van der Waals surface area contributed by atoms with Crippen LogP contribution in [0.25, 0.3) is 11.3 Å². The van der Waals surface area contributed by atoms with Gasteiger partial charge in [-0.05, 0) is 40.5 Å². The molecule has 0 bridgehead atoms. The normalized spacial score (nSPS) is 12.0. The maximum Gasteiger partial charge on any atom is 0.228 e. The van der Waals surface area contributed by atoms with Crippen LogP contribution in [0.2, 0.25) is 0 Å². The molecule has 1 heterocycles. The second kappa shape index (κ2) is 7.04. The Morgan fingerprint density at radius 1 is 1.52 bits per heavy atom. The van der Waals surface area contributed by atoms with Gasteiger partial charge >= 0.3 is 0 Å². The molecule has 1 unspecified atom stereocenters. The highest BCUT2D eigenvalue weighted by Crippen LogP contribution is 2.32. The summed E-state index contributed by atoms with van der Waals surface area (Å²) in [4.78, 5) is 16.3. The number of ether oxygens (including phenoxy) is 1. The Labute approximate surface area is 136 Å². The smallest absolute Gasteiger partial charge is 0.228 e. The molecule has 6 heteroatoms. The van der Waals surface area contributed by atoms with E-state index in [1.54, 1.807) is 7.11 Å². The fraction of sp³-hybridized carbons (Fsp3) is 0.333. The highest BCUT2D eigenvalue weighted by molar-refractivity contribution is 9.10. The number of halogens is 1. The molecule has 0 spiro atoms. The van der Waals surface area contributed by atoms with Gasteiger partial charge in [-0.25, -0.2) is 4.98 Å². The number of hydrogen-bond acceptors (Lipinski definition) is 4. The molecule has 1 amide bonds. The first kappa shape index (κ1) is 16.0. The zero-order valence-electron chi connectivity index (χ0n) is 12.1. The number of anilines is 1. The number of benzene rings is 1. The molecule has 0 aliphatic heterocycles. The molecule has 0 fully saturated rings. The summed E-state index contributed by atoms with van der Waals surface area (Å²) >= 11 is 4.89. The van der Waals surface area contributed by atoms with Crippen molar-refractivity contribution >= 4 is 38.3 Å². The van der Waals surface area contributed by atoms with E-state index in [-0.39, 0.29) is 11.8 Å². The third kappa shape index (κ3) is 3.83. The Morgan fingerprint density at radius 3 is 2.90 bits per heavy atom. The Kier molecular flexibility index (Phi) is 5.36. The summed E-state index contributed by atoms with van der Waals surface area (Å²) in [6.07, 6.45) is 0.815. The summed E-state index contributed by atoms with van der Waals surface area (Å²) < 4.78 is 6.09. The van der Waals surface area contributed by atoms with Gasteiger partial charge in [0, 0.05) is 16.9 Å². The van der Waals surface area contributed by atoms with Crippen molar-refractivity contribution in [1.82, 2.24) is 4.98 Å². The molecule has 0 radical (unpaired) electrons. The van der Waals surface area contributed by atoms with E-state index in [0.717, 1.165) is 27.9 Å². The van der Waals surface area contributed by atoms with Gasteiger partial charge < -0.3 is 10.1 Å². The number of thiazole rings is 1. The van der Waals surface area contributed by atoms with E-state index >= 15 is 0 Å².